The minimum atomic E-state index is -0.347. The fourth-order valence-electron chi connectivity index (χ4n) is 3.16. The zero-order valence-electron chi connectivity index (χ0n) is 15.6. The number of carbonyl (C=O) groups is 1. The first-order chi connectivity index (χ1) is 13.2. The molecule has 0 saturated heterocycles. The highest BCUT2D eigenvalue weighted by Crippen LogP contribution is 2.37. The lowest BCUT2D eigenvalue weighted by molar-refractivity contribution is 0.0526. The van der Waals surface area contributed by atoms with E-state index < -0.39 is 0 Å². The number of aromatic amines is 1. The van der Waals surface area contributed by atoms with Crippen LogP contribution in [-0.4, -0.2) is 22.5 Å². The molecule has 0 amide bonds. The third-order valence-electron chi connectivity index (χ3n) is 4.44. The Morgan fingerprint density at radius 1 is 1.07 bits per heavy atom. The van der Waals surface area contributed by atoms with Gasteiger partial charge in [-0.3, -0.25) is 4.98 Å². The fraction of sp³-hybridized carbons (Fsp3) is 0.273. The lowest BCUT2D eigenvalue weighted by atomic mass is 9.96. The molecule has 0 atom stereocenters. The number of unbranched alkanes of at least 4 members (excludes halogenated alkanes) is 1. The molecule has 0 unspecified atom stereocenters. The van der Waals surface area contributed by atoms with Crippen molar-refractivity contribution in [1.82, 2.24) is 9.97 Å². The molecule has 0 bridgehead atoms. The van der Waals surface area contributed by atoms with Gasteiger partial charge >= 0.3 is 5.97 Å². The van der Waals surface area contributed by atoms with Gasteiger partial charge in [0.1, 0.15) is 5.82 Å². The van der Waals surface area contributed by atoms with E-state index in [1.807, 2.05) is 12.1 Å². The first-order valence-corrected chi connectivity index (χ1v) is 9.24. The number of esters is 1. The van der Waals surface area contributed by atoms with Crippen molar-refractivity contribution in [2.24, 2.45) is 0 Å². The summed E-state index contributed by atoms with van der Waals surface area (Å²) >= 11 is 0. The molecule has 4 nitrogen and oxygen atoms in total. The molecule has 0 radical (unpaired) electrons. The second kappa shape index (κ2) is 8.62. The van der Waals surface area contributed by atoms with Gasteiger partial charge in [0.05, 0.1) is 17.9 Å². The Morgan fingerprint density at radius 2 is 1.78 bits per heavy atom. The van der Waals surface area contributed by atoms with Crippen molar-refractivity contribution < 1.29 is 13.9 Å². The van der Waals surface area contributed by atoms with Crippen LogP contribution in [0.25, 0.3) is 22.4 Å². The normalized spacial score (nSPS) is 10.8. The predicted molar refractivity (Wildman–Crippen MR) is 104 cm³/mol. The Bertz CT molecular complexity index is 902. The first kappa shape index (κ1) is 18.8. The topological polar surface area (TPSA) is 55.0 Å². The molecule has 2 heterocycles. The maximum Gasteiger partial charge on any atom is 0.340 e. The molecule has 1 aromatic carbocycles. The van der Waals surface area contributed by atoms with Gasteiger partial charge in [-0.15, -0.1) is 0 Å². The average molecular weight is 366 g/mol. The molecule has 140 valence electrons. The molecule has 0 fully saturated rings. The molecular weight excluding hydrogens is 343 g/mol. The number of halogens is 1. The number of hydrogen-bond acceptors (Lipinski definition) is 3. The lowest BCUT2D eigenvalue weighted by Crippen LogP contribution is -2.08. The number of carbonyl (C=O) groups excluding carboxylic acids is 1. The summed E-state index contributed by atoms with van der Waals surface area (Å²) in [5.74, 6) is -0.646. The molecule has 0 spiro atoms. The van der Waals surface area contributed by atoms with Crippen molar-refractivity contribution in [3.8, 4) is 22.4 Å². The third kappa shape index (κ3) is 4.08. The summed E-state index contributed by atoms with van der Waals surface area (Å²) in [4.78, 5) is 20.3. The van der Waals surface area contributed by atoms with Gasteiger partial charge in [0.25, 0.3) is 0 Å². The van der Waals surface area contributed by atoms with E-state index in [1.165, 1.54) is 12.1 Å². The Balaban J connectivity index is 2.25. The molecule has 0 aliphatic rings. The molecule has 5 heteroatoms. The summed E-state index contributed by atoms with van der Waals surface area (Å²) in [5.41, 5.74) is 4.64. The number of rotatable bonds is 7. The number of H-pyrrole nitrogens is 1. The van der Waals surface area contributed by atoms with E-state index >= 15 is 0 Å². The monoisotopic (exact) mass is 366 g/mol. The Hall–Kier alpha value is -2.95. The summed E-state index contributed by atoms with van der Waals surface area (Å²) in [6.45, 7) is 4.21. The van der Waals surface area contributed by atoms with E-state index in [0.29, 0.717) is 12.2 Å². The first-order valence-electron chi connectivity index (χ1n) is 9.24. The maximum atomic E-state index is 13.4. The number of nitrogens with zero attached hydrogens (tertiary/aromatic N) is 1. The quantitative estimate of drug-likeness (QED) is 0.570. The molecular formula is C22H23FN2O2. The largest absolute Gasteiger partial charge is 0.462 e. The van der Waals surface area contributed by atoms with Gasteiger partial charge in [0.2, 0.25) is 0 Å². The van der Waals surface area contributed by atoms with E-state index in [4.69, 9.17) is 4.74 Å². The smallest absolute Gasteiger partial charge is 0.340 e. The van der Waals surface area contributed by atoms with E-state index in [9.17, 15) is 9.18 Å². The maximum absolute atomic E-state index is 13.4. The van der Waals surface area contributed by atoms with Crippen molar-refractivity contribution in [2.45, 2.75) is 33.1 Å². The molecule has 27 heavy (non-hydrogen) atoms. The number of nitrogens with one attached hydrogen (secondary N) is 1. The van der Waals surface area contributed by atoms with Gasteiger partial charge in [-0.2, -0.15) is 0 Å². The standard InChI is InChI=1S/C22H23FN2O2/c1-3-5-6-18-20(22(26)27-4-2)19(15-11-13-24-14-12-15)21(25-18)16-7-9-17(23)10-8-16/h7-14,25H,3-6H2,1-2H3. The van der Waals surface area contributed by atoms with Crippen LogP contribution in [0.1, 0.15) is 42.7 Å². The molecule has 0 aliphatic carbocycles. The summed E-state index contributed by atoms with van der Waals surface area (Å²) < 4.78 is 18.8. The van der Waals surface area contributed by atoms with E-state index in [-0.39, 0.29) is 11.8 Å². The molecule has 3 rings (SSSR count). The molecule has 1 N–H and O–H groups in total. The van der Waals surface area contributed by atoms with E-state index in [2.05, 4.69) is 16.9 Å². The van der Waals surface area contributed by atoms with Gasteiger partial charge in [0.15, 0.2) is 0 Å². The number of aryl methyl sites for hydroxylation is 1. The highest BCUT2D eigenvalue weighted by Gasteiger charge is 2.25. The zero-order chi connectivity index (χ0) is 19.2. The average Bonchev–Trinajstić information content (AvgIpc) is 3.07. The number of ether oxygens (including phenoxy) is 1. The van der Waals surface area contributed by atoms with Gasteiger partial charge < -0.3 is 9.72 Å². The van der Waals surface area contributed by atoms with Crippen LogP contribution in [0.4, 0.5) is 4.39 Å². The fourth-order valence-corrected chi connectivity index (χ4v) is 3.16. The second-order valence-electron chi connectivity index (χ2n) is 6.30. The zero-order valence-corrected chi connectivity index (χ0v) is 15.6. The molecule has 3 aromatic rings. The predicted octanol–water partition coefficient (Wildman–Crippen LogP) is 5.40. The lowest BCUT2D eigenvalue weighted by Gasteiger charge is -2.09. The Labute approximate surface area is 158 Å². The number of benzene rings is 1. The van der Waals surface area contributed by atoms with Crippen molar-refractivity contribution in [3.63, 3.8) is 0 Å². The molecule has 0 saturated carbocycles. The van der Waals surface area contributed by atoms with Crippen molar-refractivity contribution >= 4 is 5.97 Å². The van der Waals surface area contributed by atoms with Crippen LogP contribution in [0.3, 0.4) is 0 Å². The van der Waals surface area contributed by atoms with Gasteiger partial charge in [-0.05, 0) is 67.3 Å². The minimum absolute atomic E-state index is 0.299. The summed E-state index contributed by atoms with van der Waals surface area (Å²) in [5, 5.41) is 0. The van der Waals surface area contributed by atoms with Crippen molar-refractivity contribution in [3.05, 3.63) is 65.9 Å². The van der Waals surface area contributed by atoms with Crippen LogP contribution in [0, 0.1) is 5.82 Å². The van der Waals surface area contributed by atoms with E-state index in [1.54, 1.807) is 31.5 Å². The van der Waals surface area contributed by atoms with Gasteiger partial charge in [-0.1, -0.05) is 13.3 Å². The number of pyridine rings is 1. The molecule has 2 aromatic heterocycles. The van der Waals surface area contributed by atoms with Crippen LogP contribution in [0.15, 0.2) is 48.8 Å². The van der Waals surface area contributed by atoms with Crippen LogP contribution in [-0.2, 0) is 11.2 Å². The van der Waals surface area contributed by atoms with Crippen LogP contribution >= 0.6 is 0 Å². The summed E-state index contributed by atoms with van der Waals surface area (Å²) in [6.07, 6.45) is 6.09. The van der Waals surface area contributed by atoms with Crippen molar-refractivity contribution in [2.75, 3.05) is 6.61 Å². The van der Waals surface area contributed by atoms with Crippen LogP contribution in [0.5, 0.6) is 0 Å². The van der Waals surface area contributed by atoms with Gasteiger partial charge in [0, 0.05) is 23.7 Å². The number of aromatic nitrogens is 2. The highest BCUT2D eigenvalue weighted by molar-refractivity contribution is 6.03. The Kier molecular flexibility index (Phi) is 6.01. The SMILES string of the molecule is CCCCc1[nH]c(-c2ccc(F)cc2)c(-c2ccncc2)c1C(=O)OCC. The van der Waals surface area contributed by atoms with Gasteiger partial charge in [-0.25, -0.2) is 9.18 Å². The Morgan fingerprint density at radius 3 is 2.41 bits per heavy atom. The van der Waals surface area contributed by atoms with Crippen molar-refractivity contribution in [1.29, 1.82) is 0 Å². The third-order valence-corrected chi connectivity index (χ3v) is 4.44. The second-order valence-corrected chi connectivity index (χ2v) is 6.30. The summed E-state index contributed by atoms with van der Waals surface area (Å²) in [7, 11) is 0. The highest BCUT2D eigenvalue weighted by atomic mass is 19.1. The molecule has 0 aliphatic heterocycles. The minimum Gasteiger partial charge on any atom is -0.462 e. The number of hydrogen-bond donors (Lipinski definition) is 1. The summed E-state index contributed by atoms with van der Waals surface area (Å²) in [6, 6.07) is 9.99. The van der Waals surface area contributed by atoms with Crippen LogP contribution < -0.4 is 0 Å². The van der Waals surface area contributed by atoms with Crippen LogP contribution in [0.2, 0.25) is 0 Å². The van der Waals surface area contributed by atoms with E-state index in [0.717, 1.165) is 47.3 Å².